The van der Waals surface area contributed by atoms with E-state index in [4.69, 9.17) is 0 Å². The van der Waals surface area contributed by atoms with Crippen molar-refractivity contribution in [1.82, 2.24) is 30.3 Å². The molecule has 0 aliphatic rings. The van der Waals surface area contributed by atoms with Crippen molar-refractivity contribution in [2.24, 2.45) is 0 Å². The second-order valence-corrected chi connectivity index (χ2v) is 6.68. The molecule has 0 bridgehead atoms. The molecular formula is C21H21N7O. The number of nitrogens with zero attached hydrogens (tertiary/aromatic N) is 5. The summed E-state index contributed by atoms with van der Waals surface area (Å²) in [6.07, 6.45) is 1.65. The molecule has 0 spiro atoms. The van der Waals surface area contributed by atoms with Crippen molar-refractivity contribution in [3.63, 3.8) is 0 Å². The number of benzene rings is 1. The normalized spacial score (nSPS) is 10.8. The van der Waals surface area contributed by atoms with E-state index in [1.54, 1.807) is 10.9 Å². The molecule has 2 N–H and O–H groups in total. The van der Waals surface area contributed by atoms with Gasteiger partial charge in [-0.05, 0) is 43.5 Å². The third kappa shape index (κ3) is 4.06. The van der Waals surface area contributed by atoms with E-state index in [0.717, 1.165) is 22.2 Å². The van der Waals surface area contributed by atoms with Crippen molar-refractivity contribution in [3.8, 4) is 5.82 Å². The van der Waals surface area contributed by atoms with Gasteiger partial charge in [0, 0.05) is 30.4 Å². The highest BCUT2D eigenvalue weighted by molar-refractivity contribution is 6.05. The molecule has 0 saturated heterocycles. The first kappa shape index (κ1) is 18.5. The van der Waals surface area contributed by atoms with Crippen molar-refractivity contribution in [2.45, 2.75) is 13.8 Å². The number of fused-ring (bicyclic) bond motifs is 1. The molecule has 0 aliphatic heterocycles. The molecule has 0 atom stereocenters. The Kier molecular flexibility index (Phi) is 5.15. The zero-order valence-electron chi connectivity index (χ0n) is 16.3. The summed E-state index contributed by atoms with van der Waals surface area (Å²) in [5.41, 5.74) is 2.36. The van der Waals surface area contributed by atoms with Crippen LogP contribution in [-0.4, -0.2) is 44.0 Å². The van der Waals surface area contributed by atoms with Gasteiger partial charge in [-0.1, -0.05) is 24.3 Å². The van der Waals surface area contributed by atoms with E-state index in [9.17, 15) is 4.79 Å². The van der Waals surface area contributed by atoms with Crippen molar-refractivity contribution in [2.75, 3.05) is 18.4 Å². The summed E-state index contributed by atoms with van der Waals surface area (Å²) >= 11 is 0. The number of amides is 1. The molecule has 1 amide bonds. The first-order valence-electron chi connectivity index (χ1n) is 9.35. The van der Waals surface area contributed by atoms with Crippen molar-refractivity contribution >= 4 is 22.5 Å². The Bertz CT molecular complexity index is 1150. The van der Waals surface area contributed by atoms with Crippen LogP contribution in [0, 0.1) is 13.8 Å². The lowest BCUT2D eigenvalue weighted by atomic mass is 10.1. The van der Waals surface area contributed by atoms with Gasteiger partial charge in [0.25, 0.3) is 5.91 Å². The van der Waals surface area contributed by atoms with E-state index in [0.29, 0.717) is 30.4 Å². The maximum Gasteiger partial charge on any atom is 0.270 e. The summed E-state index contributed by atoms with van der Waals surface area (Å²) < 4.78 is 1.75. The Hall–Kier alpha value is -3.81. The second-order valence-electron chi connectivity index (χ2n) is 6.68. The number of rotatable bonds is 6. The summed E-state index contributed by atoms with van der Waals surface area (Å²) in [6, 6.07) is 15.3. The van der Waals surface area contributed by atoms with Crippen LogP contribution < -0.4 is 10.6 Å². The van der Waals surface area contributed by atoms with Gasteiger partial charge in [-0.3, -0.25) is 9.78 Å². The summed E-state index contributed by atoms with van der Waals surface area (Å²) in [6.45, 7) is 4.87. The smallest absolute Gasteiger partial charge is 0.270 e. The minimum atomic E-state index is -0.199. The monoisotopic (exact) mass is 387 g/mol. The summed E-state index contributed by atoms with van der Waals surface area (Å²) in [5.74, 6) is 1.10. The van der Waals surface area contributed by atoms with Crippen molar-refractivity contribution < 1.29 is 4.79 Å². The zero-order valence-corrected chi connectivity index (χ0v) is 16.3. The first-order chi connectivity index (χ1) is 14.1. The maximum absolute atomic E-state index is 12.5. The van der Waals surface area contributed by atoms with E-state index >= 15 is 0 Å². The molecule has 8 heteroatoms. The molecule has 8 nitrogen and oxygen atoms in total. The maximum atomic E-state index is 12.5. The first-order valence-corrected chi connectivity index (χ1v) is 9.35. The quantitative estimate of drug-likeness (QED) is 0.494. The summed E-state index contributed by atoms with van der Waals surface area (Å²) in [7, 11) is 0. The Morgan fingerprint density at radius 3 is 2.66 bits per heavy atom. The predicted molar refractivity (Wildman–Crippen MR) is 111 cm³/mol. The molecule has 3 aromatic heterocycles. The lowest BCUT2D eigenvalue weighted by molar-refractivity contribution is 0.0952. The second kappa shape index (κ2) is 8.05. The lowest BCUT2D eigenvalue weighted by Gasteiger charge is -2.09. The van der Waals surface area contributed by atoms with Crippen LogP contribution in [0.25, 0.3) is 16.6 Å². The fourth-order valence-corrected chi connectivity index (χ4v) is 3.14. The molecule has 0 aliphatic carbocycles. The number of hydrogen-bond donors (Lipinski definition) is 2. The van der Waals surface area contributed by atoms with Gasteiger partial charge in [-0.2, -0.15) is 5.10 Å². The Labute approximate surface area is 168 Å². The molecule has 0 radical (unpaired) electrons. The van der Waals surface area contributed by atoms with Gasteiger partial charge in [0.1, 0.15) is 11.5 Å². The van der Waals surface area contributed by atoms with Gasteiger partial charge >= 0.3 is 0 Å². The van der Waals surface area contributed by atoms with Crippen LogP contribution in [0.4, 0.5) is 5.82 Å². The summed E-state index contributed by atoms with van der Waals surface area (Å²) in [4.78, 5) is 16.7. The predicted octanol–water partition coefficient (Wildman–Crippen LogP) is 2.67. The fraction of sp³-hybridized carbons (Fsp3) is 0.190. The van der Waals surface area contributed by atoms with Crippen LogP contribution in [0.1, 0.15) is 21.9 Å². The van der Waals surface area contributed by atoms with Gasteiger partial charge < -0.3 is 10.6 Å². The van der Waals surface area contributed by atoms with Crippen molar-refractivity contribution in [3.05, 3.63) is 71.8 Å². The molecular weight excluding hydrogens is 366 g/mol. The van der Waals surface area contributed by atoms with Crippen LogP contribution >= 0.6 is 0 Å². The Morgan fingerprint density at radius 2 is 1.90 bits per heavy atom. The molecule has 1 aromatic carbocycles. The van der Waals surface area contributed by atoms with Crippen LogP contribution in [0.5, 0.6) is 0 Å². The molecule has 29 heavy (non-hydrogen) atoms. The Balaban J connectivity index is 1.32. The van der Waals surface area contributed by atoms with E-state index in [2.05, 4.69) is 30.9 Å². The molecule has 4 aromatic rings. The third-order valence-electron chi connectivity index (χ3n) is 4.48. The number of carbonyl (C=O) groups excluding carboxylic acids is 1. The van der Waals surface area contributed by atoms with Gasteiger partial charge in [-0.25, -0.2) is 4.68 Å². The van der Waals surface area contributed by atoms with E-state index in [1.165, 1.54) is 0 Å². The molecule has 0 fully saturated rings. The van der Waals surface area contributed by atoms with Crippen LogP contribution in [0.3, 0.4) is 0 Å². The average Bonchev–Trinajstić information content (AvgIpc) is 3.09. The number of carbonyl (C=O) groups is 1. The Morgan fingerprint density at radius 1 is 1.03 bits per heavy atom. The lowest BCUT2D eigenvalue weighted by Crippen LogP contribution is -2.29. The van der Waals surface area contributed by atoms with E-state index in [-0.39, 0.29) is 5.91 Å². The van der Waals surface area contributed by atoms with Crippen molar-refractivity contribution in [1.29, 1.82) is 0 Å². The number of aryl methyl sites for hydroxylation is 2. The molecule has 0 saturated carbocycles. The number of hydrogen-bond acceptors (Lipinski definition) is 6. The highest BCUT2D eigenvalue weighted by Crippen LogP contribution is 2.16. The molecule has 0 unspecified atom stereocenters. The fourth-order valence-electron chi connectivity index (χ4n) is 3.14. The standard InChI is InChI=1S/C21H21N7O/c1-14-13-15(2)28(27-14)19-8-7-18(25-26-19)22-11-12-24-21(29)20-17-6-4-3-5-16(17)9-10-23-20/h3-10,13H,11-12H2,1-2H3,(H,22,25)(H,24,29). The summed E-state index contributed by atoms with van der Waals surface area (Å²) in [5, 5.41) is 20.6. The van der Waals surface area contributed by atoms with E-state index in [1.807, 2.05) is 62.4 Å². The van der Waals surface area contributed by atoms with E-state index < -0.39 is 0 Å². The van der Waals surface area contributed by atoms with Gasteiger partial charge in [0.2, 0.25) is 0 Å². The van der Waals surface area contributed by atoms with Crippen LogP contribution in [0.15, 0.2) is 54.7 Å². The number of anilines is 1. The highest BCUT2D eigenvalue weighted by Gasteiger charge is 2.11. The largest absolute Gasteiger partial charge is 0.367 e. The number of aromatic nitrogens is 5. The molecule has 4 rings (SSSR count). The zero-order chi connectivity index (χ0) is 20.2. The van der Waals surface area contributed by atoms with Crippen LogP contribution in [-0.2, 0) is 0 Å². The van der Waals surface area contributed by atoms with Gasteiger partial charge in [0.15, 0.2) is 5.82 Å². The SMILES string of the molecule is Cc1cc(C)n(-c2ccc(NCCNC(=O)c3nccc4ccccc34)nn2)n1. The van der Waals surface area contributed by atoms with Gasteiger partial charge in [-0.15, -0.1) is 10.2 Å². The topological polar surface area (TPSA) is 97.6 Å². The minimum absolute atomic E-state index is 0.199. The number of nitrogens with one attached hydrogen (secondary N) is 2. The minimum Gasteiger partial charge on any atom is -0.367 e. The third-order valence-corrected chi connectivity index (χ3v) is 4.48. The molecule has 3 heterocycles. The molecule has 146 valence electrons. The number of pyridine rings is 1. The van der Waals surface area contributed by atoms with Gasteiger partial charge in [0.05, 0.1) is 5.69 Å². The average molecular weight is 387 g/mol. The van der Waals surface area contributed by atoms with Crippen LogP contribution in [0.2, 0.25) is 0 Å². The highest BCUT2D eigenvalue weighted by atomic mass is 16.1.